The van der Waals surface area contributed by atoms with Gasteiger partial charge in [-0.2, -0.15) is 11.8 Å². The summed E-state index contributed by atoms with van der Waals surface area (Å²) in [5.74, 6) is 4.60. The minimum absolute atomic E-state index is 0.470. The zero-order chi connectivity index (χ0) is 10.8. The maximum Gasteiger partial charge on any atom is 0.144 e. The molecule has 0 amide bonds. The number of halogens is 1. The van der Waals surface area contributed by atoms with Crippen molar-refractivity contribution in [3.8, 4) is 0 Å². The van der Waals surface area contributed by atoms with Gasteiger partial charge >= 0.3 is 0 Å². The first-order chi connectivity index (χ1) is 7.18. The van der Waals surface area contributed by atoms with Gasteiger partial charge in [-0.15, -0.1) is 11.8 Å². The van der Waals surface area contributed by atoms with Crippen molar-refractivity contribution in [2.45, 2.75) is 12.2 Å². The van der Waals surface area contributed by atoms with Crippen LogP contribution in [0.2, 0.25) is 0 Å². The zero-order valence-corrected chi connectivity index (χ0v) is 12.3. The zero-order valence-electron chi connectivity index (χ0n) is 8.25. The quantitative estimate of drug-likeness (QED) is 0.797. The summed E-state index contributed by atoms with van der Waals surface area (Å²) in [5.41, 5.74) is 1.07. The largest absolute Gasteiger partial charge is 0.345 e. The van der Waals surface area contributed by atoms with E-state index in [9.17, 15) is 0 Å². The van der Waals surface area contributed by atoms with E-state index in [0.29, 0.717) is 9.89 Å². The Kier molecular flexibility index (Phi) is 4.15. The topological polar surface area (TPSA) is 28.7 Å². The number of aromatic amines is 1. The molecule has 0 aromatic carbocycles. The van der Waals surface area contributed by atoms with Crippen LogP contribution in [0.1, 0.15) is 16.8 Å². The molecule has 1 aromatic heterocycles. The normalized spacial score (nSPS) is 21.6. The average Bonchev–Trinajstić information content (AvgIpc) is 2.26. The molecular weight excluding hydrogens is 312 g/mol. The van der Waals surface area contributed by atoms with Crippen LogP contribution in [0.25, 0.3) is 0 Å². The van der Waals surface area contributed by atoms with Crippen molar-refractivity contribution in [2.75, 3.05) is 17.3 Å². The van der Waals surface area contributed by atoms with E-state index in [0.717, 1.165) is 21.7 Å². The molecule has 1 saturated heterocycles. The highest BCUT2D eigenvalue weighted by Crippen LogP contribution is 2.35. The smallest absolute Gasteiger partial charge is 0.144 e. The molecule has 1 atom stereocenters. The van der Waals surface area contributed by atoms with Crippen molar-refractivity contribution in [2.24, 2.45) is 0 Å². The van der Waals surface area contributed by atoms with Crippen LogP contribution in [0.4, 0.5) is 0 Å². The van der Waals surface area contributed by atoms with Crippen molar-refractivity contribution in [3.05, 3.63) is 20.6 Å². The molecule has 2 heterocycles. The van der Waals surface area contributed by atoms with Crippen LogP contribution in [0.5, 0.6) is 0 Å². The molecule has 1 unspecified atom stereocenters. The van der Waals surface area contributed by atoms with Crippen molar-refractivity contribution >= 4 is 51.7 Å². The lowest BCUT2D eigenvalue weighted by atomic mass is 10.4. The molecular formula is C9H11BrN2S3. The number of hydrogen-bond donors (Lipinski definition) is 1. The molecule has 1 aliphatic heterocycles. The molecule has 82 valence electrons. The van der Waals surface area contributed by atoms with Crippen LogP contribution in [-0.2, 0) is 0 Å². The number of aryl methyl sites for hydroxylation is 1. The van der Waals surface area contributed by atoms with Crippen LogP contribution in [0, 0.1) is 11.6 Å². The maximum absolute atomic E-state index is 5.20. The average molecular weight is 323 g/mol. The summed E-state index contributed by atoms with van der Waals surface area (Å²) in [6.45, 7) is 2.02. The fourth-order valence-corrected chi connectivity index (χ4v) is 4.45. The number of H-pyrrole nitrogens is 1. The Bertz CT molecular complexity index is 412. The van der Waals surface area contributed by atoms with Gasteiger partial charge < -0.3 is 4.98 Å². The fraction of sp³-hybridized carbons (Fsp3) is 0.556. The molecule has 1 N–H and O–H groups in total. The van der Waals surface area contributed by atoms with E-state index in [2.05, 4.69) is 25.9 Å². The Balaban J connectivity index is 2.32. The van der Waals surface area contributed by atoms with Gasteiger partial charge in [-0.3, -0.25) is 0 Å². The van der Waals surface area contributed by atoms with Gasteiger partial charge in [0.1, 0.15) is 10.5 Å². The Morgan fingerprint density at radius 1 is 1.53 bits per heavy atom. The predicted octanol–water partition coefficient (Wildman–Crippen LogP) is 3.73. The highest BCUT2D eigenvalue weighted by atomic mass is 79.9. The second kappa shape index (κ2) is 5.21. The summed E-state index contributed by atoms with van der Waals surface area (Å²) in [7, 11) is 0. The molecule has 15 heavy (non-hydrogen) atoms. The summed E-state index contributed by atoms with van der Waals surface area (Å²) in [6, 6.07) is 0. The lowest BCUT2D eigenvalue weighted by molar-refractivity contribution is 0.890. The third-order valence-electron chi connectivity index (χ3n) is 2.18. The third kappa shape index (κ3) is 2.78. The summed E-state index contributed by atoms with van der Waals surface area (Å²) in [5, 5.41) is 0.470. The molecule has 0 saturated carbocycles. The minimum Gasteiger partial charge on any atom is -0.345 e. The predicted molar refractivity (Wildman–Crippen MR) is 74.4 cm³/mol. The number of hydrogen-bond acceptors (Lipinski definition) is 4. The molecule has 0 radical (unpaired) electrons. The number of aromatic nitrogens is 2. The Labute approximate surface area is 111 Å². The molecule has 0 spiro atoms. The Morgan fingerprint density at radius 3 is 2.93 bits per heavy atom. The van der Waals surface area contributed by atoms with Gasteiger partial charge in [0.2, 0.25) is 0 Å². The summed E-state index contributed by atoms with van der Waals surface area (Å²) in [6.07, 6.45) is 0. The van der Waals surface area contributed by atoms with E-state index in [1.54, 1.807) is 0 Å². The van der Waals surface area contributed by atoms with E-state index >= 15 is 0 Å². The van der Waals surface area contributed by atoms with Crippen LogP contribution < -0.4 is 0 Å². The van der Waals surface area contributed by atoms with E-state index in [1.807, 2.05) is 30.4 Å². The van der Waals surface area contributed by atoms with Crippen molar-refractivity contribution in [3.63, 3.8) is 0 Å². The number of nitrogens with one attached hydrogen (secondary N) is 1. The van der Waals surface area contributed by atoms with E-state index < -0.39 is 0 Å². The van der Waals surface area contributed by atoms with E-state index in [4.69, 9.17) is 12.2 Å². The van der Waals surface area contributed by atoms with E-state index in [1.165, 1.54) is 11.5 Å². The van der Waals surface area contributed by atoms with Crippen LogP contribution in [0.15, 0.2) is 4.47 Å². The molecule has 0 bridgehead atoms. The van der Waals surface area contributed by atoms with Crippen LogP contribution >= 0.6 is 51.7 Å². The molecule has 0 aliphatic carbocycles. The lowest BCUT2D eigenvalue weighted by Gasteiger charge is -2.20. The van der Waals surface area contributed by atoms with Crippen molar-refractivity contribution in [1.29, 1.82) is 0 Å². The first-order valence-corrected chi connectivity index (χ1v) is 8.04. The summed E-state index contributed by atoms with van der Waals surface area (Å²) < 4.78 is 1.58. The third-order valence-corrected chi connectivity index (χ3v) is 6.47. The van der Waals surface area contributed by atoms with Gasteiger partial charge in [-0.1, -0.05) is 12.2 Å². The number of thioether (sulfide) groups is 2. The lowest BCUT2D eigenvalue weighted by Crippen LogP contribution is -2.11. The molecule has 1 fully saturated rings. The number of nitrogens with zero attached hydrogens (tertiary/aromatic N) is 1. The fourth-order valence-electron chi connectivity index (χ4n) is 1.39. The Hall–Kier alpha value is 0.480. The molecule has 2 rings (SSSR count). The highest BCUT2D eigenvalue weighted by molar-refractivity contribution is 9.10. The molecule has 1 aliphatic rings. The van der Waals surface area contributed by atoms with Crippen LogP contribution in [-0.4, -0.2) is 27.2 Å². The van der Waals surface area contributed by atoms with Crippen LogP contribution in [0.3, 0.4) is 0 Å². The second-order valence-corrected chi connectivity index (χ2v) is 6.94. The van der Waals surface area contributed by atoms with Gasteiger partial charge in [0, 0.05) is 23.0 Å². The van der Waals surface area contributed by atoms with Gasteiger partial charge in [-0.05, 0) is 22.9 Å². The maximum atomic E-state index is 5.20. The highest BCUT2D eigenvalue weighted by Gasteiger charge is 2.19. The van der Waals surface area contributed by atoms with E-state index in [-0.39, 0.29) is 0 Å². The first-order valence-electron chi connectivity index (χ1n) is 4.64. The molecule has 2 nitrogen and oxygen atoms in total. The Morgan fingerprint density at radius 2 is 2.33 bits per heavy atom. The van der Waals surface area contributed by atoms with Gasteiger partial charge in [0.05, 0.1) is 9.72 Å². The van der Waals surface area contributed by atoms with Gasteiger partial charge in [0.25, 0.3) is 0 Å². The SMILES string of the molecule is Cc1[nH]c(C2CSCCS2)nc(=S)c1Br. The first kappa shape index (κ1) is 12.0. The van der Waals surface area contributed by atoms with Crippen molar-refractivity contribution < 1.29 is 0 Å². The summed E-state index contributed by atoms with van der Waals surface area (Å²) in [4.78, 5) is 7.76. The minimum atomic E-state index is 0.470. The number of rotatable bonds is 1. The second-order valence-electron chi connectivity index (χ2n) is 3.30. The van der Waals surface area contributed by atoms with Gasteiger partial charge in [-0.25, -0.2) is 4.98 Å². The standard InChI is InChI=1S/C9H11BrN2S3/c1-5-7(10)9(13)12-8(11-5)6-4-14-2-3-15-6/h6H,2-4H2,1H3,(H,11,12,13). The molecule has 1 aromatic rings. The monoisotopic (exact) mass is 322 g/mol. The summed E-state index contributed by atoms with van der Waals surface area (Å²) >= 11 is 12.6. The van der Waals surface area contributed by atoms with Crippen molar-refractivity contribution in [1.82, 2.24) is 9.97 Å². The molecule has 6 heteroatoms. The van der Waals surface area contributed by atoms with Gasteiger partial charge in [0.15, 0.2) is 0 Å².